The highest BCUT2D eigenvalue weighted by atomic mass is 16.6. The topological polar surface area (TPSA) is 99.4 Å². The lowest BCUT2D eigenvalue weighted by Gasteiger charge is -2.10. The van der Waals surface area contributed by atoms with Crippen molar-refractivity contribution >= 4 is 18.1 Å². The molecule has 1 N–H and O–H groups in total. The van der Waals surface area contributed by atoms with E-state index in [0.29, 0.717) is 23.7 Å². The van der Waals surface area contributed by atoms with Crippen LogP contribution < -0.4 is 19.6 Å². The smallest absolute Gasteiger partial charge is 0.379 e. The van der Waals surface area contributed by atoms with Gasteiger partial charge in [-0.15, -0.1) is 0 Å². The number of hydrazone groups is 1. The molecule has 3 aromatic carbocycles. The molecule has 0 saturated carbocycles. The summed E-state index contributed by atoms with van der Waals surface area (Å²) < 4.78 is 21.5. The van der Waals surface area contributed by atoms with Crippen LogP contribution in [0.3, 0.4) is 0 Å². The minimum Gasteiger partial charge on any atom is -0.490 e. The molecule has 1 heterocycles. The number of esters is 1. The van der Waals surface area contributed by atoms with Gasteiger partial charge in [0, 0.05) is 0 Å². The second kappa shape index (κ2) is 12.0. The van der Waals surface area contributed by atoms with E-state index in [1.807, 2.05) is 61.5 Å². The molecule has 0 radical (unpaired) electrons. The predicted molar refractivity (Wildman–Crippen MR) is 134 cm³/mol. The summed E-state index contributed by atoms with van der Waals surface area (Å²) in [6.45, 7) is 1.99. The van der Waals surface area contributed by atoms with E-state index in [1.54, 1.807) is 24.3 Å². The molecular formula is C28H24N2O6. The summed E-state index contributed by atoms with van der Waals surface area (Å²) in [5, 5.41) is 3.96. The average molecular weight is 485 g/mol. The first kappa shape index (κ1) is 24.3. The fourth-order valence-corrected chi connectivity index (χ4v) is 3.24. The minimum atomic E-state index is -0.635. The molecule has 182 valence electrons. The Kier molecular flexibility index (Phi) is 8.11. The van der Waals surface area contributed by atoms with Gasteiger partial charge in [0.2, 0.25) is 5.76 Å². The molecule has 0 fully saturated rings. The summed E-state index contributed by atoms with van der Waals surface area (Å²) in [7, 11) is 0. The molecule has 8 nitrogen and oxygen atoms in total. The van der Waals surface area contributed by atoms with Crippen LogP contribution in [0.1, 0.15) is 23.0 Å². The van der Waals surface area contributed by atoms with E-state index in [4.69, 9.17) is 18.6 Å². The van der Waals surface area contributed by atoms with Crippen LogP contribution in [0.2, 0.25) is 0 Å². The van der Waals surface area contributed by atoms with Gasteiger partial charge in [0.1, 0.15) is 5.75 Å². The number of furan rings is 1. The van der Waals surface area contributed by atoms with Crippen molar-refractivity contribution in [1.82, 2.24) is 5.43 Å². The largest absolute Gasteiger partial charge is 0.490 e. The van der Waals surface area contributed by atoms with Crippen molar-refractivity contribution in [3.8, 4) is 28.4 Å². The maximum atomic E-state index is 12.2. The van der Waals surface area contributed by atoms with Crippen LogP contribution in [-0.4, -0.2) is 31.3 Å². The Morgan fingerprint density at radius 1 is 0.889 bits per heavy atom. The third-order valence-electron chi connectivity index (χ3n) is 4.93. The third-order valence-corrected chi connectivity index (χ3v) is 4.93. The summed E-state index contributed by atoms with van der Waals surface area (Å²) >= 11 is 0. The molecule has 0 aliphatic carbocycles. The quantitative estimate of drug-likeness (QED) is 0.146. The molecule has 0 atom stereocenters. The van der Waals surface area contributed by atoms with E-state index in [2.05, 4.69) is 10.5 Å². The zero-order chi connectivity index (χ0) is 25.2. The van der Waals surface area contributed by atoms with Crippen LogP contribution in [-0.2, 0) is 4.79 Å². The predicted octanol–water partition coefficient (Wildman–Crippen LogP) is 5.09. The van der Waals surface area contributed by atoms with Crippen molar-refractivity contribution < 1.29 is 28.2 Å². The summed E-state index contributed by atoms with van der Waals surface area (Å²) in [4.78, 5) is 24.3. The van der Waals surface area contributed by atoms with Crippen LogP contribution in [0.25, 0.3) is 11.1 Å². The van der Waals surface area contributed by atoms with Gasteiger partial charge in [0.15, 0.2) is 18.1 Å². The van der Waals surface area contributed by atoms with E-state index in [9.17, 15) is 9.59 Å². The van der Waals surface area contributed by atoms with Gasteiger partial charge >= 0.3 is 5.97 Å². The number of carbonyl (C=O) groups is 2. The molecule has 0 aliphatic heterocycles. The van der Waals surface area contributed by atoms with E-state index >= 15 is 0 Å². The normalized spacial score (nSPS) is 10.7. The van der Waals surface area contributed by atoms with Crippen LogP contribution >= 0.6 is 0 Å². The first-order valence-corrected chi connectivity index (χ1v) is 11.2. The van der Waals surface area contributed by atoms with Crippen molar-refractivity contribution in [2.24, 2.45) is 5.10 Å². The van der Waals surface area contributed by atoms with Gasteiger partial charge in [-0.2, -0.15) is 5.10 Å². The summed E-state index contributed by atoms with van der Waals surface area (Å²) in [6.07, 6.45) is 2.84. The van der Waals surface area contributed by atoms with Crippen molar-refractivity contribution in [2.45, 2.75) is 6.92 Å². The Hall–Kier alpha value is -4.85. The fraction of sp³-hybridized carbons (Fsp3) is 0.107. The summed E-state index contributed by atoms with van der Waals surface area (Å²) in [5.74, 6) is 0.216. The molecule has 0 bridgehead atoms. The van der Waals surface area contributed by atoms with E-state index < -0.39 is 11.9 Å². The molecule has 4 rings (SSSR count). The van der Waals surface area contributed by atoms with E-state index in [-0.39, 0.29) is 18.1 Å². The average Bonchev–Trinajstić information content (AvgIpc) is 3.45. The van der Waals surface area contributed by atoms with Gasteiger partial charge in [-0.05, 0) is 66.1 Å². The standard InChI is InChI=1S/C28H24N2O6/c1-2-33-26-17-20(10-15-24(26)36-28(32)25-9-6-16-34-25)18-29-30-27(31)19-35-23-13-11-22(12-14-23)21-7-4-3-5-8-21/h3-18H,2,19H2,1H3,(H,30,31)/b29-18+. The molecule has 1 aromatic heterocycles. The summed E-state index contributed by atoms with van der Waals surface area (Å²) in [5.41, 5.74) is 5.22. The number of ether oxygens (including phenoxy) is 3. The van der Waals surface area contributed by atoms with Gasteiger partial charge in [-0.1, -0.05) is 42.5 Å². The first-order valence-electron chi connectivity index (χ1n) is 11.2. The van der Waals surface area contributed by atoms with Crippen LogP contribution in [0.5, 0.6) is 17.2 Å². The number of hydrogen-bond acceptors (Lipinski definition) is 7. The number of amides is 1. The summed E-state index contributed by atoms with van der Waals surface area (Å²) in [6, 6.07) is 25.5. The van der Waals surface area contributed by atoms with E-state index in [1.165, 1.54) is 18.5 Å². The zero-order valence-electron chi connectivity index (χ0n) is 19.5. The highest BCUT2D eigenvalue weighted by Gasteiger charge is 2.15. The van der Waals surface area contributed by atoms with Gasteiger partial charge < -0.3 is 18.6 Å². The Morgan fingerprint density at radius 3 is 2.39 bits per heavy atom. The maximum Gasteiger partial charge on any atom is 0.379 e. The molecule has 8 heteroatoms. The zero-order valence-corrected chi connectivity index (χ0v) is 19.5. The molecule has 36 heavy (non-hydrogen) atoms. The Bertz CT molecular complexity index is 1320. The van der Waals surface area contributed by atoms with Gasteiger partial charge in [-0.25, -0.2) is 10.2 Å². The van der Waals surface area contributed by atoms with Crippen molar-refractivity contribution in [2.75, 3.05) is 13.2 Å². The second-order valence-corrected chi connectivity index (χ2v) is 7.48. The van der Waals surface area contributed by atoms with Crippen LogP contribution in [0.15, 0.2) is 101 Å². The van der Waals surface area contributed by atoms with Gasteiger partial charge in [-0.3, -0.25) is 4.79 Å². The lowest BCUT2D eigenvalue weighted by molar-refractivity contribution is -0.123. The SMILES string of the molecule is CCOc1cc(/C=N/NC(=O)COc2ccc(-c3ccccc3)cc2)ccc1OC(=O)c1ccco1. The number of rotatable bonds is 10. The number of carbonyl (C=O) groups excluding carboxylic acids is 2. The molecule has 0 aliphatic rings. The number of nitrogens with zero attached hydrogens (tertiary/aromatic N) is 1. The highest BCUT2D eigenvalue weighted by Crippen LogP contribution is 2.29. The lowest BCUT2D eigenvalue weighted by atomic mass is 10.1. The Labute approximate surface area is 208 Å². The highest BCUT2D eigenvalue weighted by molar-refractivity contribution is 5.89. The van der Waals surface area contributed by atoms with E-state index in [0.717, 1.165) is 11.1 Å². The Morgan fingerprint density at radius 2 is 1.67 bits per heavy atom. The molecule has 0 spiro atoms. The van der Waals surface area contributed by atoms with Crippen LogP contribution in [0, 0.1) is 0 Å². The minimum absolute atomic E-state index is 0.0835. The van der Waals surface area contributed by atoms with Gasteiger partial charge in [0.25, 0.3) is 5.91 Å². The molecular weight excluding hydrogens is 460 g/mol. The fourth-order valence-electron chi connectivity index (χ4n) is 3.24. The number of benzene rings is 3. The number of hydrogen-bond donors (Lipinski definition) is 1. The molecule has 4 aromatic rings. The van der Waals surface area contributed by atoms with Crippen molar-refractivity contribution in [3.05, 3.63) is 103 Å². The van der Waals surface area contributed by atoms with Crippen molar-refractivity contribution in [1.29, 1.82) is 0 Å². The monoisotopic (exact) mass is 484 g/mol. The third kappa shape index (κ3) is 6.60. The van der Waals surface area contributed by atoms with Gasteiger partial charge in [0.05, 0.1) is 19.1 Å². The number of nitrogens with one attached hydrogen (secondary N) is 1. The molecule has 1 amide bonds. The van der Waals surface area contributed by atoms with Crippen LogP contribution in [0.4, 0.5) is 0 Å². The first-order chi connectivity index (χ1) is 17.6. The maximum absolute atomic E-state index is 12.2. The second-order valence-electron chi connectivity index (χ2n) is 7.48. The molecule has 0 unspecified atom stereocenters. The molecule has 0 saturated heterocycles. The lowest BCUT2D eigenvalue weighted by Crippen LogP contribution is -2.24. The Balaban J connectivity index is 1.29. The van der Waals surface area contributed by atoms with Crippen molar-refractivity contribution in [3.63, 3.8) is 0 Å².